The van der Waals surface area contributed by atoms with Gasteiger partial charge >= 0.3 is 0 Å². The molecule has 3 rings (SSSR count). The number of nitrogens with zero attached hydrogens (tertiary/aromatic N) is 1. The van der Waals surface area contributed by atoms with Crippen LogP contribution in [-0.4, -0.2) is 60.2 Å². The number of fused-ring (bicyclic) bond motifs is 1. The smallest absolute Gasteiger partial charge is 0.262 e. The van der Waals surface area contributed by atoms with Gasteiger partial charge in [-0.25, -0.2) is 0 Å². The van der Waals surface area contributed by atoms with E-state index in [0.717, 1.165) is 4.90 Å². The Hall–Kier alpha value is -2.98. The minimum atomic E-state index is -1.03. The van der Waals surface area contributed by atoms with Crippen molar-refractivity contribution in [1.29, 1.82) is 0 Å². The number of hydrogen-bond donors (Lipinski definition) is 3. The maximum atomic E-state index is 12.7. The van der Waals surface area contributed by atoms with Crippen molar-refractivity contribution < 1.29 is 28.7 Å². The summed E-state index contributed by atoms with van der Waals surface area (Å²) < 4.78 is 5.33. The Balaban J connectivity index is 0.00000280. The maximum Gasteiger partial charge on any atom is 0.262 e. The highest BCUT2D eigenvalue weighted by Crippen LogP contribution is 2.30. The number of carbonyl (C=O) groups excluding carboxylic acids is 5. The largest absolute Gasteiger partial charge is 0.484 e. The van der Waals surface area contributed by atoms with Gasteiger partial charge in [0.05, 0.1) is 11.1 Å². The van der Waals surface area contributed by atoms with E-state index in [4.69, 9.17) is 10.5 Å². The van der Waals surface area contributed by atoms with Crippen molar-refractivity contribution in [3.8, 4) is 5.75 Å². The standard InChI is InChI=1S/C17H18N4O6.ClH/c18-5-6-19-14(23)8-27-9-1-2-10-11(7-9)17(26)21(16(10)25)12-3-4-13(22)20-15(12)24;/h1-2,7,12H,3-6,8,18H2,(H,19,23)(H,20,22,24);1H. The zero-order valence-corrected chi connectivity index (χ0v) is 15.5. The second-order valence-corrected chi connectivity index (χ2v) is 6.08. The summed E-state index contributed by atoms with van der Waals surface area (Å²) in [6.45, 7) is 0.357. The van der Waals surface area contributed by atoms with Crippen molar-refractivity contribution in [2.24, 2.45) is 5.73 Å². The summed E-state index contributed by atoms with van der Waals surface area (Å²) >= 11 is 0. The Labute approximate surface area is 166 Å². The normalized spacial score (nSPS) is 18.3. The minimum absolute atomic E-state index is 0. The van der Waals surface area contributed by atoms with Gasteiger partial charge in [-0.15, -0.1) is 12.4 Å². The second kappa shape index (κ2) is 8.81. The van der Waals surface area contributed by atoms with Crippen LogP contribution in [0.1, 0.15) is 33.6 Å². The van der Waals surface area contributed by atoms with Gasteiger partial charge in [-0.1, -0.05) is 0 Å². The predicted octanol–water partition coefficient (Wildman–Crippen LogP) is -1.04. The predicted molar refractivity (Wildman–Crippen MR) is 97.9 cm³/mol. The van der Waals surface area contributed by atoms with Crippen LogP contribution < -0.4 is 21.1 Å². The molecule has 2 heterocycles. The molecule has 1 atom stereocenters. The lowest BCUT2D eigenvalue weighted by molar-refractivity contribution is -0.136. The van der Waals surface area contributed by atoms with Crippen LogP contribution in [0.15, 0.2) is 18.2 Å². The fourth-order valence-corrected chi connectivity index (χ4v) is 2.95. The molecule has 10 nitrogen and oxygen atoms in total. The number of carbonyl (C=O) groups is 5. The number of rotatable bonds is 6. The van der Waals surface area contributed by atoms with E-state index in [0.29, 0.717) is 13.1 Å². The van der Waals surface area contributed by atoms with Crippen molar-refractivity contribution in [3.63, 3.8) is 0 Å². The lowest BCUT2D eigenvalue weighted by Gasteiger charge is -2.27. The average Bonchev–Trinajstić information content (AvgIpc) is 2.89. The fourth-order valence-electron chi connectivity index (χ4n) is 2.95. The first-order valence-electron chi connectivity index (χ1n) is 8.37. The van der Waals surface area contributed by atoms with Crippen molar-refractivity contribution in [2.75, 3.05) is 19.7 Å². The molecule has 0 spiro atoms. The third-order valence-electron chi connectivity index (χ3n) is 4.25. The number of nitrogens with two attached hydrogens (primary N) is 1. The Morgan fingerprint density at radius 1 is 1.21 bits per heavy atom. The SMILES string of the molecule is Cl.NCCNC(=O)COc1ccc2c(c1)C(=O)N(C1CCC(=O)NC1=O)C2=O. The van der Waals surface area contributed by atoms with Crippen molar-refractivity contribution in [1.82, 2.24) is 15.5 Å². The topological polar surface area (TPSA) is 148 Å². The Morgan fingerprint density at radius 3 is 2.61 bits per heavy atom. The third-order valence-corrected chi connectivity index (χ3v) is 4.25. The second-order valence-electron chi connectivity index (χ2n) is 6.08. The van der Waals surface area contributed by atoms with Crippen LogP contribution in [0.3, 0.4) is 0 Å². The Morgan fingerprint density at radius 2 is 1.93 bits per heavy atom. The van der Waals surface area contributed by atoms with E-state index in [1.165, 1.54) is 18.2 Å². The van der Waals surface area contributed by atoms with Crippen LogP contribution >= 0.6 is 12.4 Å². The highest BCUT2D eigenvalue weighted by Gasteiger charge is 2.44. The summed E-state index contributed by atoms with van der Waals surface area (Å²) in [5, 5.41) is 4.67. The van der Waals surface area contributed by atoms with E-state index in [1.807, 2.05) is 0 Å². The van der Waals surface area contributed by atoms with E-state index < -0.39 is 29.7 Å². The third kappa shape index (κ3) is 4.12. The van der Waals surface area contributed by atoms with E-state index in [9.17, 15) is 24.0 Å². The summed E-state index contributed by atoms with van der Waals surface area (Å²) in [6, 6.07) is 3.21. The molecule has 0 bridgehead atoms. The van der Waals surface area contributed by atoms with Crippen molar-refractivity contribution in [2.45, 2.75) is 18.9 Å². The number of ether oxygens (including phenoxy) is 1. The number of halogens is 1. The fraction of sp³-hybridized carbons (Fsp3) is 0.353. The average molecular weight is 411 g/mol. The lowest BCUT2D eigenvalue weighted by Crippen LogP contribution is -2.54. The van der Waals surface area contributed by atoms with Gasteiger partial charge in [0, 0.05) is 19.5 Å². The molecule has 1 fully saturated rings. The molecule has 1 aromatic carbocycles. The van der Waals surface area contributed by atoms with E-state index in [-0.39, 0.29) is 54.6 Å². The molecule has 4 N–H and O–H groups in total. The molecule has 0 radical (unpaired) electrons. The number of nitrogens with one attached hydrogen (secondary N) is 2. The molecular weight excluding hydrogens is 392 g/mol. The maximum absolute atomic E-state index is 12.7. The van der Waals surface area contributed by atoms with Crippen molar-refractivity contribution in [3.05, 3.63) is 29.3 Å². The molecule has 11 heteroatoms. The van der Waals surface area contributed by atoms with Gasteiger partial charge in [-0.3, -0.25) is 34.2 Å². The Bertz CT molecular complexity index is 843. The quantitative estimate of drug-likeness (QED) is 0.507. The van der Waals surface area contributed by atoms with E-state index in [1.54, 1.807) is 0 Å². The first-order valence-corrected chi connectivity index (χ1v) is 8.37. The highest BCUT2D eigenvalue weighted by molar-refractivity contribution is 6.23. The number of amides is 5. The van der Waals surface area contributed by atoms with Crippen LogP contribution in [0.25, 0.3) is 0 Å². The number of imide groups is 2. The summed E-state index contributed by atoms with van der Waals surface area (Å²) in [6.07, 6.45) is 0.136. The van der Waals surface area contributed by atoms with Gasteiger partial charge < -0.3 is 15.8 Å². The van der Waals surface area contributed by atoms with Crippen LogP contribution in [0.5, 0.6) is 5.75 Å². The van der Waals surface area contributed by atoms with Gasteiger partial charge in [-0.05, 0) is 24.6 Å². The van der Waals surface area contributed by atoms with Crippen LogP contribution in [0.4, 0.5) is 0 Å². The van der Waals surface area contributed by atoms with Crippen LogP contribution in [0.2, 0.25) is 0 Å². The summed E-state index contributed by atoms with van der Waals surface area (Å²) in [5.41, 5.74) is 5.52. The molecule has 0 saturated carbocycles. The molecule has 2 aliphatic rings. The zero-order valence-electron chi connectivity index (χ0n) is 14.7. The molecule has 0 aromatic heterocycles. The number of hydrogen-bond acceptors (Lipinski definition) is 7. The number of benzene rings is 1. The first kappa shape index (κ1) is 21.3. The molecular formula is C17H19ClN4O6. The molecule has 28 heavy (non-hydrogen) atoms. The molecule has 150 valence electrons. The molecule has 1 aromatic rings. The van der Waals surface area contributed by atoms with Gasteiger partial charge in [0.2, 0.25) is 11.8 Å². The van der Waals surface area contributed by atoms with Gasteiger partial charge in [0.15, 0.2) is 6.61 Å². The molecule has 2 aliphatic heterocycles. The number of piperidine rings is 1. The summed E-state index contributed by atoms with van der Waals surface area (Å²) in [4.78, 5) is 60.9. The van der Waals surface area contributed by atoms with Crippen molar-refractivity contribution >= 4 is 41.9 Å². The van der Waals surface area contributed by atoms with Gasteiger partial charge in [0.1, 0.15) is 11.8 Å². The lowest BCUT2D eigenvalue weighted by atomic mass is 10.0. The summed E-state index contributed by atoms with van der Waals surface area (Å²) in [7, 11) is 0. The van der Waals surface area contributed by atoms with Gasteiger partial charge in [0.25, 0.3) is 17.7 Å². The highest BCUT2D eigenvalue weighted by atomic mass is 35.5. The molecule has 1 saturated heterocycles. The zero-order chi connectivity index (χ0) is 19.6. The van der Waals surface area contributed by atoms with Gasteiger partial charge in [-0.2, -0.15) is 0 Å². The van der Waals surface area contributed by atoms with Crippen LogP contribution in [0, 0.1) is 0 Å². The van der Waals surface area contributed by atoms with E-state index >= 15 is 0 Å². The first-order chi connectivity index (χ1) is 12.9. The molecule has 0 aliphatic carbocycles. The van der Waals surface area contributed by atoms with Crippen LogP contribution in [-0.2, 0) is 14.4 Å². The summed E-state index contributed by atoms with van der Waals surface area (Å²) in [5.74, 6) is -2.47. The minimum Gasteiger partial charge on any atom is -0.484 e. The monoisotopic (exact) mass is 410 g/mol. The molecule has 1 unspecified atom stereocenters. The molecule has 5 amide bonds. The Kier molecular flexibility index (Phi) is 6.71. The van der Waals surface area contributed by atoms with E-state index in [2.05, 4.69) is 10.6 Å².